The van der Waals surface area contributed by atoms with Crippen LogP contribution in [0.3, 0.4) is 0 Å². The molecule has 4 heterocycles. The predicted molar refractivity (Wildman–Crippen MR) is 103 cm³/mol. The maximum atomic E-state index is 5.00. The van der Waals surface area contributed by atoms with Gasteiger partial charge in [-0.1, -0.05) is 31.2 Å². The van der Waals surface area contributed by atoms with E-state index in [9.17, 15) is 0 Å². The molecule has 0 amide bonds. The molecule has 1 unspecified atom stereocenters. The number of benzene rings is 1. The highest BCUT2D eigenvalue weighted by atomic mass is 15.6. The molecule has 3 aromatic rings. The van der Waals surface area contributed by atoms with Crippen LogP contribution in [-0.2, 0) is 12.0 Å². The number of pyridine rings is 2. The molecule has 0 spiro atoms. The van der Waals surface area contributed by atoms with Crippen LogP contribution < -0.4 is 5.43 Å². The van der Waals surface area contributed by atoms with Gasteiger partial charge in [-0.25, -0.2) is 5.43 Å². The van der Waals surface area contributed by atoms with Gasteiger partial charge in [0.2, 0.25) is 0 Å². The van der Waals surface area contributed by atoms with Crippen molar-refractivity contribution in [2.45, 2.75) is 31.7 Å². The fourth-order valence-electron chi connectivity index (χ4n) is 4.21. The molecule has 0 bridgehead atoms. The van der Waals surface area contributed by atoms with Crippen LogP contribution in [0, 0.1) is 0 Å². The van der Waals surface area contributed by atoms with Gasteiger partial charge in [-0.3, -0.25) is 9.97 Å². The van der Waals surface area contributed by atoms with Gasteiger partial charge >= 0.3 is 0 Å². The second-order valence-electron chi connectivity index (χ2n) is 7.05. The standard InChI is InChI=1S/C22H22N4/c1-2-16-7-5-11-21(24-16)22(15-17-8-6-14-26(17)25-22)19-12-13-23-20-10-4-3-9-18(19)20/h3-5,7,9-13,15,25H,2,6,8,14H2,1H3. The molecule has 26 heavy (non-hydrogen) atoms. The highest BCUT2D eigenvalue weighted by Crippen LogP contribution is 2.42. The van der Waals surface area contributed by atoms with Crippen molar-refractivity contribution in [2.75, 3.05) is 6.54 Å². The molecule has 2 aliphatic rings. The van der Waals surface area contributed by atoms with Crippen LogP contribution in [-0.4, -0.2) is 21.5 Å². The summed E-state index contributed by atoms with van der Waals surface area (Å²) in [7, 11) is 0. The van der Waals surface area contributed by atoms with Crippen molar-refractivity contribution in [2.24, 2.45) is 0 Å². The molecule has 1 atom stereocenters. The van der Waals surface area contributed by atoms with Gasteiger partial charge in [0.05, 0.1) is 11.2 Å². The van der Waals surface area contributed by atoms with Crippen molar-refractivity contribution >= 4 is 10.9 Å². The van der Waals surface area contributed by atoms with Crippen molar-refractivity contribution in [3.63, 3.8) is 0 Å². The largest absolute Gasteiger partial charge is 0.311 e. The van der Waals surface area contributed by atoms with E-state index in [1.807, 2.05) is 12.3 Å². The van der Waals surface area contributed by atoms with Crippen molar-refractivity contribution in [3.8, 4) is 0 Å². The summed E-state index contributed by atoms with van der Waals surface area (Å²) in [6.07, 6.45) is 7.54. The molecule has 2 aromatic heterocycles. The summed E-state index contributed by atoms with van der Waals surface area (Å²) < 4.78 is 0. The van der Waals surface area contributed by atoms with Gasteiger partial charge in [0.1, 0.15) is 5.54 Å². The molecule has 0 radical (unpaired) electrons. The van der Waals surface area contributed by atoms with Gasteiger partial charge in [0, 0.05) is 29.5 Å². The van der Waals surface area contributed by atoms with Crippen LogP contribution in [0.4, 0.5) is 0 Å². The Balaban J connectivity index is 1.79. The van der Waals surface area contributed by atoms with E-state index in [2.05, 4.69) is 70.9 Å². The highest BCUT2D eigenvalue weighted by Gasteiger charge is 2.43. The molecule has 1 N–H and O–H groups in total. The molecule has 5 rings (SSSR count). The Bertz CT molecular complexity index is 1000. The van der Waals surface area contributed by atoms with Crippen LogP contribution >= 0.6 is 0 Å². The zero-order chi connectivity index (χ0) is 17.6. The smallest absolute Gasteiger partial charge is 0.125 e. The highest BCUT2D eigenvalue weighted by molar-refractivity contribution is 5.84. The minimum absolute atomic E-state index is 0.441. The second kappa shape index (κ2) is 5.92. The Morgan fingerprint density at radius 1 is 1.12 bits per heavy atom. The number of nitrogens with one attached hydrogen (secondary N) is 1. The summed E-state index contributed by atoms with van der Waals surface area (Å²) in [5, 5.41) is 3.47. The first-order chi connectivity index (χ1) is 12.8. The second-order valence-corrected chi connectivity index (χ2v) is 7.05. The van der Waals surface area contributed by atoms with E-state index < -0.39 is 5.54 Å². The topological polar surface area (TPSA) is 41.1 Å². The van der Waals surface area contributed by atoms with Crippen LogP contribution in [0.2, 0.25) is 0 Å². The average molecular weight is 342 g/mol. The first kappa shape index (κ1) is 15.5. The van der Waals surface area contributed by atoms with E-state index in [4.69, 9.17) is 4.98 Å². The molecule has 4 nitrogen and oxygen atoms in total. The molecular weight excluding hydrogens is 320 g/mol. The van der Waals surface area contributed by atoms with Gasteiger partial charge in [-0.15, -0.1) is 0 Å². The van der Waals surface area contributed by atoms with Crippen molar-refractivity contribution in [3.05, 3.63) is 83.5 Å². The third-order valence-corrected chi connectivity index (χ3v) is 5.50. The predicted octanol–water partition coefficient (Wildman–Crippen LogP) is 3.93. The molecule has 2 aliphatic heterocycles. The third-order valence-electron chi connectivity index (χ3n) is 5.50. The van der Waals surface area contributed by atoms with Crippen molar-refractivity contribution in [1.82, 2.24) is 20.4 Å². The number of hydrogen-bond donors (Lipinski definition) is 1. The third kappa shape index (κ3) is 2.26. The molecule has 0 aliphatic carbocycles. The SMILES string of the molecule is CCc1cccc(C2(c3ccnc4ccccc34)C=C3CCCN3N2)n1. The summed E-state index contributed by atoms with van der Waals surface area (Å²) in [4.78, 5) is 9.56. The van der Waals surface area contributed by atoms with Crippen molar-refractivity contribution < 1.29 is 0 Å². The maximum Gasteiger partial charge on any atom is 0.125 e. The summed E-state index contributed by atoms with van der Waals surface area (Å²) in [6, 6.07) is 16.9. The lowest BCUT2D eigenvalue weighted by atomic mass is 9.84. The molecule has 0 saturated carbocycles. The van der Waals surface area contributed by atoms with Gasteiger partial charge in [-0.05, 0) is 55.2 Å². The van der Waals surface area contributed by atoms with E-state index in [1.54, 1.807) is 0 Å². The first-order valence-electron chi connectivity index (χ1n) is 9.38. The van der Waals surface area contributed by atoms with Crippen LogP contribution in [0.25, 0.3) is 10.9 Å². The summed E-state index contributed by atoms with van der Waals surface area (Å²) in [5.41, 5.74) is 9.12. The van der Waals surface area contributed by atoms with Crippen LogP contribution in [0.5, 0.6) is 0 Å². The van der Waals surface area contributed by atoms with E-state index in [-0.39, 0.29) is 0 Å². The van der Waals surface area contributed by atoms with E-state index in [0.29, 0.717) is 0 Å². The lowest BCUT2D eigenvalue weighted by Gasteiger charge is -2.32. The number of aryl methyl sites for hydroxylation is 1. The first-order valence-corrected chi connectivity index (χ1v) is 9.38. The van der Waals surface area contributed by atoms with Gasteiger partial charge in [-0.2, -0.15) is 0 Å². The fourth-order valence-corrected chi connectivity index (χ4v) is 4.21. The molecule has 130 valence electrons. The van der Waals surface area contributed by atoms with Crippen molar-refractivity contribution in [1.29, 1.82) is 0 Å². The number of hydrazine groups is 1. The molecule has 1 saturated heterocycles. The Kier molecular flexibility index (Phi) is 3.54. The molecular formula is C22H22N4. The number of aromatic nitrogens is 2. The maximum absolute atomic E-state index is 5.00. The summed E-state index contributed by atoms with van der Waals surface area (Å²) in [6.45, 7) is 3.20. The minimum Gasteiger partial charge on any atom is -0.311 e. The Morgan fingerprint density at radius 2 is 2.04 bits per heavy atom. The number of rotatable bonds is 3. The van der Waals surface area contributed by atoms with E-state index in [0.717, 1.165) is 36.3 Å². The van der Waals surface area contributed by atoms with Gasteiger partial charge < -0.3 is 5.01 Å². The van der Waals surface area contributed by atoms with Crippen LogP contribution in [0.1, 0.15) is 36.7 Å². The Labute approximate surface area is 153 Å². The summed E-state index contributed by atoms with van der Waals surface area (Å²) in [5.74, 6) is 0. The number of fused-ring (bicyclic) bond motifs is 2. The lowest BCUT2D eigenvalue weighted by molar-refractivity contribution is 0.247. The Hall–Kier alpha value is -2.72. The minimum atomic E-state index is -0.441. The lowest BCUT2D eigenvalue weighted by Crippen LogP contribution is -2.45. The normalized spacial score (nSPS) is 21.9. The number of hydrogen-bond acceptors (Lipinski definition) is 4. The van der Waals surface area contributed by atoms with Gasteiger partial charge in [0.15, 0.2) is 0 Å². The number of allylic oxidation sites excluding steroid dienone is 1. The quantitative estimate of drug-likeness (QED) is 0.783. The van der Waals surface area contributed by atoms with Gasteiger partial charge in [0.25, 0.3) is 0 Å². The monoisotopic (exact) mass is 342 g/mol. The van der Waals surface area contributed by atoms with E-state index >= 15 is 0 Å². The molecule has 1 fully saturated rings. The zero-order valence-corrected chi connectivity index (χ0v) is 14.9. The fraction of sp³-hybridized carbons (Fsp3) is 0.273. The van der Waals surface area contributed by atoms with E-state index in [1.165, 1.54) is 23.1 Å². The summed E-state index contributed by atoms with van der Waals surface area (Å²) >= 11 is 0. The molecule has 4 heteroatoms. The average Bonchev–Trinajstić information content (AvgIpc) is 3.28. The zero-order valence-electron chi connectivity index (χ0n) is 14.9. The number of para-hydroxylation sites is 1. The Morgan fingerprint density at radius 3 is 2.92 bits per heavy atom. The molecule has 1 aromatic carbocycles. The van der Waals surface area contributed by atoms with Crippen LogP contribution in [0.15, 0.2) is 66.5 Å². The number of nitrogens with zero attached hydrogens (tertiary/aromatic N) is 3.